The lowest BCUT2D eigenvalue weighted by molar-refractivity contribution is -0.143. The molecule has 124 valence electrons. The van der Waals surface area contributed by atoms with E-state index < -0.39 is 24.7 Å². The first kappa shape index (κ1) is 17.2. The molecule has 0 bridgehead atoms. The van der Waals surface area contributed by atoms with Crippen LogP contribution in [-0.4, -0.2) is 55.2 Å². The van der Waals surface area contributed by atoms with Crippen molar-refractivity contribution < 1.29 is 18.9 Å². The molecule has 2 aliphatic heterocycles. The summed E-state index contributed by atoms with van der Waals surface area (Å²) in [6, 6.07) is -0.593. The molecule has 8 heteroatoms. The quantitative estimate of drug-likeness (QED) is 0.693. The number of hydrogen-bond donors (Lipinski definition) is 2. The average Bonchev–Trinajstić information content (AvgIpc) is 2.80. The first-order chi connectivity index (χ1) is 10.4. The zero-order chi connectivity index (χ0) is 16.3. The molecule has 2 rings (SSSR count). The maximum atomic E-state index is 12.5. The van der Waals surface area contributed by atoms with Gasteiger partial charge < -0.3 is 25.7 Å². The Hall–Kier alpha value is -1.12. The molecule has 2 fully saturated rings. The number of hydrogen-bond acceptors (Lipinski definition) is 6. The number of carbonyl (C=O) groups is 2. The third-order valence-corrected chi connectivity index (χ3v) is 4.44. The van der Waals surface area contributed by atoms with Gasteiger partial charge in [0.2, 0.25) is 5.91 Å². The number of nitrogens with zero attached hydrogens (tertiary/aromatic N) is 1. The summed E-state index contributed by atoms with van der Waals surface area (Å²) < 4.78 is 11.0. The van der Waals surface area contributed by atoms with Crippen molar-refractivity contribution in [3.05, 3.63) is 0 Å². The van der Waals surface area contributed by atoms with Crippen LogP contribution in [0.5, 0.6) is 0 Å². The fraction of sp³-hybridized carbons (Fsp3) is 0.857. The minimum Gasteiger partial charge on any atom is -0.508 e. The van der Waals surface area contributed by atoms with Gasteiger partial charge in [-0.2, -0.15) is 0 Å². The molecule has 0 spiro atoms. The summed E-state index contributed by atoms with van der Waals surface area (Å²) >= 11 is 0. The largest absolute Gasteiger partial charge is 0.527 e. The maximum absolute atomic E-state index is 12.5. The maximum Gasteiger partial charge on any atom is 0.527 e. The molecule has 2 heterocycles. The third kappa shape index (κ3) is 3.44. The van der Waals surface area contributed by atoms with E-state index in [1.165, 1.54) is 0 Å². The van der Waals surface area contributed by atoms with Gasteiger partial charge in [-0.3, -0.25) is 9.59 Å². The first-order valence-corrected chi connectivity index (χ1v) is 8.04. The predicted octanol–water partition coefficient (Wildman–Crippen LogP) is -0.259. The third-order valence-electron chi connectivity index (χ3n) is 4.44. The van der Waals surface area contributed by atoms with Crippen LogP contribution < -0.4 is 11.5 Å². The van der Waals surface area contributed by atoms with E-state index in [-0.39, 0.29) is 18.4 Å². The zero-order valence-electron chi connectivity index (χ0n) is 13.4. The molecule has 7 nitrogen and oxygen atoms in total. The highest BCUT2D eigenvalue weighted by molar-refractivity contribution is 6.47. The summed E-state index contributed by atoms with van der Waals surface area (Å²) in [4.78, 5) is 26.2. The molecule has 0 aliphatic carbocycles. The standard InChI is InChI=1S/C14H26BN3O4/c1-3-7-21-15-6-4-5-11-8-18(12(19)10(2)16)9-14(11,17)13(20)22-15/h10-11H,3-9,16-17H2,1-2H3/t10-,11-,14-/m0/s1. The van der Waals surface area contributed by atoms with Crippen LogP contribution in [0.3, 0.4) is 0 Å². The highest BCUT2D eigenvalue weighted by Gasteiger charge is 2.53. The molecule has 0 aromatic carbocycles. The van der Waals surface area contributed by atoms with E-state index in [1.807, 2.05) is 6.92 Å². The van der Waals surface area contributed by atoms with Crippen LogP contribution >= 0.6 is 0 Å². The van der Waals surface area contributed by atoms with Crippen molar-refractivity contribution in [2.24, 2.45) is 17.4 Å². The molecule has 2 saturated heterocycles. The smallest absolute Gasteiger partial charge is 0.508 e. The van der Waals surface area contributed by atoms with Crippen LogP contribution in [0.15, 0.2) is 0 Å². The van der Waals surface area contributed by atoms with Crippen LogP contribution in [-0.2, 0) is 18.9 Å². The van der Waals surface area contributed by atoms with Crippen molar-refractivity contribution in [2.75, 3.05) is 19.7 Å². The highest BCUT2D eigenvalue weighted by Crippen LogP contribution is 2.33. The fourth-order valence-electron chi connectivity index (χ4n) is 3.16. The zero-order valence-corrected chi connectivity index (χ0v) is 13.4. The number of nitrogens with two attached hydrogens (primary N) is 2. The fourth-order valence-corrected chi connectivity index (χ4v) is 3.16. The molecule has 0 aromatic rings. The van der Waals surface area contributed by atoms with Gasteiger partial charge in [-0.25, -0.2) is 0 Å². The van der Waals surface area contributed by atoms with E-state index in [2.05, 4.69) is 0 Å². The van der Waals surface area contributed by atoms with Gasteiger partial charge in [0.15, 0.2) is 0 Å². The van der Waals surface area contributed by atoms with Crippen LogP contribution in [0.1, 0.15) is 33.1 Å². The Bertz CT molecular complexity index is 434. The van der Waals surface area contributed by atoms with Gasteiger partial charge in [-0.1, -0.05) is 13.3 Å². The Morgan fingerprint density at radius 3 is 3.00 bits per heavy atom. The van der Waals surface area contributed by atoms with E-state index >= 15 is 0 Å². The lowest BCUT2D eigenvalue weighted by Crippen LogP contribution is -2.58. The molecule has 2 aliphatic rings. The van der Waals surface area contributed by atoms with Crippen LogP contribution in [0, 0.1) is 5.92 Å². The van der Waals surface area contributed by atoms with Gasteiger partial charge in [0.1, 0.15) is 5.54 Å². The van der Waals surface area contributed by atoms with Crippen molar-refractivity contribution in [1.29, 1.82) is 0 Å². The first-order valence-electron chi connectivity index (χ1n) is 8.04. The second kappa shape index (κ2) is 6.98. The van der Waals surface area contributed by atoms with E-state index in [0.717, 1.165) is 19.3 Å². The highest BCUT2D eigenvalue weighted by atomic mass is 16.6. The Morgan fingerprint density at radius 2 is 2.36 bits per heavy atom. The predicted molar refractivity (Wildman–Crippen MR) is 82.8 cm³/mol. The normalized spacial score (nSPS) is 30.4. The van der Waals surface area contributed by atoms with Gasteiger partial charge in [0.05, 0.1) is 6.04 Å². The molecule has 3 atom stereocenters. The van der Waals surface area contributed by atoms with E-state index in [9.17, 15) is 9.59 Å². The number of rotatable bonds is 4. The minimum absolute atomic E-state index is 0.0881. The Morgan fingerprint density at radius 1 is 1.64 bits per heavy atom. The summed E-state index contributed by atoms with van der Waals surface area (Å²) in [6.07, 6.45) is 3.16. The summed E-state index contributed by atoms with van der Waals surface area (Å²) in [5.74, 6) is -0.740. The van der Waals surface area contributed by atoms with Crippen LogP contribution in [0.25, 0.3) is 0 Å². The van der Waals surface area contributed by atoms with Gasteiger partial charge >= 0.3 is 13.1 Å². The van der Waals surface area contributed by atoms with Crippen molar-refractivity contribution in [3.8, 4) is 0 Å². The van der Waals surface area contributed by atoms with Crippen molar-refractivity contribution >= 4 is 19.0 Å². The number of likely N-dealkylation sites (tertiary alicyclic amines) is 1. The lowest BCUT2D eigenvalue weighted by atomic mass is 9.74. The van der Waals surface area contributed by atoms with Gasteiger partial charge in [-0.05, 0) is 26.1 Å². The molecular formula is C14H26BN3O4. The summed E-state index contributed by atoms with van der Waals surface area (Å²) in [7, 11) is -0.535. The molecule has 4 N–H and O–H groups in total. The molecule has 1 amide bonds. The number of carbonyl (C=O) groups excluding carboxylic acids is 2. The van der Waals surface area contributed by atoms with Crippen molar-refractivity contribution in [2.45, 2.75) is 51.0 Å². The molecule has 0 saturated carbocycles. The van der Waals surface area contributed by atoms with Crippen LogP contribution in [0.4, 0.5) is 0 Å². The van der Waals surface area contributed by atoms with Gasteiger partial charge in [0.25, 0.3) is 0 Å². The topological polar surface area (TPSA) is 108 Å². The molecular weight excluding hydrogens is 285 g/mol. The monoisotopic (exact) mass is 311 g/mol. The number of fused-ring (bicyclic) bond motifs is 1. The summed E-state index contributed by atoms with van der Waals surface area (Å²) in [6.45, 7) is 4.82. The number of amides is 1. The Kier molecular flexibility index (Phi) is 5.47. The molecule has 0 radical (unpaired) electrons. The van der Waals surface area contributed by atoms with E-state index in [0.29, 0.717) is 19.5 Å². The second-order valence-corrected chi connectivity index (χ2v) is 6.38. The second-order valence-electron chi connectivity index (χ2n) is 6.38. The molecule has 0 unspecified atom stereocenters. The average molecular weight is 311 g/mol. The molecule has 22 heavy (non-hydrogen) atoms. The molecule has 0 aromatic heterocycles. The lowest BCUT2D eigenvalue weighted by Gasteiger charge is -2.31. The van der Waals surface area contributed by atoms with Gasteiger partial charge in [0, 0.05) is 25.6 Å². The summed E-state index contributed by atoms with van der Waals surface area (Å²) in [5.41, 5.74) is 10.8. The minimum atomic E-state index is -1.15. The van der Waals surface area contributed by atoms with Crippen LogP contribution in [0.2, 0.25) is 6.32 Å². The summed E-state index contributed by atoms with van der Waals surface area (Å²) in [5, 5.41) is 0. The Labute approximate surface area is 131 Å². The van der Waals surface area contributed by atoms with Crippen molar-refractivity contribution in [1.82, 2.24) is 4.90 Å². The SMILES string of the molecule is CCCOB1CCC[C@H]2CN(C(=O)[C@H](C)N)C[C@@]2(N)C(=O)O1. The van der Waals surface area contributed by atoms with Gasteiger partial charge in [-0.15, -0.1) is 0 Å². The van der Waals surface area contributed by atoms with Crippen molar-refractivity contribution in [3.63, 3.8) is 0 Å². The van der Waals surface area contributed by atoms with E-state index in [1.54, 1.807) is 11.8 Å². The van der Waals surface area contributed by atoms with E-state index in [4.69, 9.17) is 20.8 Å². The Balaban J connectivity index is 2.09.